The van der Waals surface area contributed by atoms with Gasteiger partial charge in [-0.3, -0.25) is 0 Å². The van der Waals surface area contributed by atoms with E-state index in [9.17, 15) is 0 Å². The number of benzene rings is 9. The van der Waals surface area contributed by atoms with Crippen molar-refractivity contribution in [3.05, 3.63) is 205 Å². The molecule has 0 bridgehead atoms. The zero-order valence-electron chi connectivity index (χ0n) is 33.8. The van der Waals surface area contributed by atoms with Gasteiger partial charge in [-0.2, -0.15) is 0 Å². The van der Waals surface area contributed by atoms with Crippen molar-refractivity contribution in [2.75, 3.05) is 0 Å². The molecule has 9 aromatic carbocycles. The minimum atomic E-state index is 0.0290. The molecule has 0 radical (unpaired) electrons. The van der Waals surface area contributed by atoms with Gasteiger partial charge in [-0.15, -0.1) is 11.3 Å². The molecular weight excluding hydrogens is 775 g/mol. The first-order chi connectivity index (χ1) is 30.6. The van der Waals surface area contributed by atoms with E-state index in [2.05, 4.69) is 200 Å². The molecule has 0 amide bonds. The number of thiophene rings is 1. The highest BCUT2D eigenvalue weighted by atomic mass is 32.1. The maximum absolute atomic E-state index is 6.82. The number of aromatic nitrogens is 1. The van der Waals surface area contributed by atoms with E-state index in [1.165, 1.54) is 52.5 Å². The summed E-state index contributed by atoms with van der Waals surface area (Å²) in [6.07, 6.45) is 3.09. The Hall–Kier alpha value is -7.60. The fourth-order valence-corrected chi connectivity index (χ4v) is 11.1. The van der Waals surface area contributed by atoms with E-state index in [4.69, 9.17) is 14.4 Å². The summed E-state index contributed by atoms with van der Waals surface area (Å²) in [6.45, 7) is 2.31. The number of para-hydroxylation sites is 2. The van der Waals surface area contributed by atoms with Gasteiger partial charge in [0.2, 0.25) is 0 Å². The summed E-state index contributed by atoms with van der Waals surface area (Å²) in [5.74, 6) is 0.735. The van der Waals surface area contributed by atoms with Gasteiger partial charge in [0.05, 0.1) is 28.1 Å². The Morgan fingerprint density at radius 3 is 2.08 bits per heavy atom. The molecule has 62 heavy (non-hydrogen) atoms. The van der Waals surface area contributed by atoms with E-state index >= 15 is 0 Å². The van der Waals surface area contributed by atoms with Crippen LogP contribution in [-0.4, -0.2) is 16.1 Å². The molecule has 0 spiro atoms. The van der Waals surface area contributed by atoms with Gasteiger partial charge in [0, 0.05) is 70.4 Å². The highest BCUT2D eigenvalue weighted by molar-refractivity contribution is 7.26. The molecule has 4 nitrogen and oxygen atoms in total. The molecule has 3 aromatic heterocycles. The number of furan rings is 1. The molecule has 1 aliphatic rings. The number of rotatable bonds is 4. The number of fused-ring (bicyclic) bond motifs is 11. The van der Waals surface area contributed by atoms with Crippen molar-refractivity contribution in [3.8, 4) is 5.69 Å². The average Bonchev–Trinajstić information content (AvgIpc) is 3.99. The molecule has 1 unspecified atom stereocenters. The van der Waals surface area contributed by atoms with Gasteiger partial charge in [0.1, 0.15) is 11.2 Å². The lowest BCUT2D eigenvalue weighted by molar-refractivity contribution is 0.668. The normalized spacial score (nSPS) is 17.4. The molecule has 0 aliphatic carbocycles. The molecule has 4 heterocycles. The minimum Gasteiger partial charge on any atom is -0.456 e. The first-order valence-corrected chi connectivity index (χ1v) is 22.1. The summed E-state index contributed by atoms with van der Waals surface area (Å²) in [5.41, 5.74) is 10.1. The Morgan fingerprint density at radius 1 is 0.516 bits per heavy atom. The number of amidine groups is 1. The largest absolute Gasteiger partial charge is 0.456 e. The summed E-state index contributed by atoms with van der Waals surface area (Å²) in [4.78, 5) is 11.5. The third kappa shape index (κ3) is 5.38. The van der Waals surface area contributed by atoms with Crippen molar-refractivity contribution < 1.29 is 4.42 Å². The quantitative estimate of drug-likeness (QED) is 0.175. The van der Waals surface area contributed by atoms with Crippen LogP contribution in [-0.2, 0) is 0 Å². The van der Waals surface area contributed by atoms with Crippen molar-refractivity contribution in [1.29, 1.82) is 0 Å². The van der Waals surface area contributed by atoms with Crippen LogP contribution < -0.4 is 0 Å². The fraction of sp³-hybridized carbons (Fsp3) is 0.0526. The summed E-state index contributed by atoms with van der Waals surface area (Å²) in [6, 6.07) is 65.4. The van der Waals surface area contributed by atoms with Crippen LogP contribution in [0.15, 0.2) is 202 Å². The number of hydrogen-bond acceptors (Lipinski definition) is 4. The first kappa shape index (κ1) is 35.2. The maximum Gasteiger partial charge on any atom is 0.161 e. The van der Waals surface area contributed by atoms with E-state index in [0.717, 1.165) is 73.2 Å². The fourth-order valence-electron chi connectivity index (χ4n) is 9.90. The lowest BCUT2D eigenvalue weighted by Crippen LogP contribution is -2.18. The summed E-state index contributed by atoms with van der Waals surface area (Å²) in [5, 5.41) is 11.9. The molecule has 13 rings (SSSR count). The Kier molecular flexibility index (Phi) is 7.78. The lowest BCUT2D eigenvalue weighted by atomic mass is 9.90. The second-order valence-electron chi connectivity index (χ2n) is 16.5. The van der Waals surface area contributed by atoms with E-state index < -0.39 is 0 Å². The molecule has 12 aromatic rings. The number of aliphatic imine (C=N–C) groups is 2. The summed E-state index contributed by atoms with van der Waals surface area (Å²) >= 11 is 1.81. The zero-order valence-corrected chi connectivity index (χ0v) is 34.7. The summed E-state index contributed by atoms with van der Waals surface area (Å²) in [7, 11) is 0. The molecule has 1 aliphatic heterocycles. The molecule has 0 saturated heterocycles. The third-order valence-electron chi connectivity index (χ3n) is 12.8. The van der Waals surface area contributed by atoms with Gasteiger partial charge in [0.25, 0.3) is 0 Å². The molecular formula is C57H37N3OS. The monoisotopic (exact) mass is 811 g/mol. The minimum absolute atomic E-state index is 0.0290. The van der Waals surface area contributed by atoms with Crippen LogP contribution in [0.25, 0.3) is 96.8 Å². The van der Waals surface area contributed by atoms with Crippen molar-refractivity contribution in [3.63, 3.8) is 0 Å². The van der Waals surface area contributed by atoms with Crippen LogP contribution >= 0.6 is 11.3 Å². The predicted octanol–water partition coefficient (Wildman–Crippen LogP) is 15.7. The highest BCUT2D eigenvalue weighted by Crippen LogP contribution is 2.42. The SMILES string of the molecule is CC1C/C=C(c2cccc3ccccc23)/N=C(c2cccc3c2sc2ccccc23)\N=C/1c1cc(-n2c3ccccc3c3cc4ccccc4cc32)cc2oc3ccccc3c12. The van der Waals surface area contributed by atoms with Crippen LogP contribution in [0.2, 0.25) is 0 Å². The second kappa shape index (κ2) is 13.7. The molecule has 5 heteroatoms. The highest BCUT2D eigenvalue weighted by Gasteiger charge is 2.26. The Bertz CT molecular complexity index is 3930. The van der Waals surface area contributed by atoms with Gasteiger partial charge in [-0.25, -0.2) is 9.98 Å². The van der Waals surface area contributed by atoms with Gasteiger partial charge in [-0.1, -0.05) is 146 Å². The van der Waals surface area contributed by atoms with Crippen LogP contribution in [0.3, 0.4) is 0 Å². The molecule has 292 valence electrons. The smallest absolute Gasteiger partial charge is 0.161 e. The van der Waals surface area contributed by atoms with Gasteiger partial charge in [-0.05, 0) is 70.4 Å². The average molecular weight is 812 g/mol. The van der Waals surface area contributed by atoms with Crippen LogP contribution in [0.5, 0.6) is 0 Å². The van der Waals surface area contributed by atoms with E-state index in [1.54, 1.807) is 0 Å². The zero-order chi connectivity index (χ0) is 40.9. The van der Waals surface area contributed by atoms with Crippen LogP contribution in [0.4, 0.5) is 0 Å². The lowest BCUT2D eigenvalue weighted by Gasteiger charge is -2.21. The van der Waals surface area contributed by atoms with E-state index in [-0.39, 0.29) is 5.92 Å². The van der Waals surface area contributed by atoms with Crippen molar-refractivity contribution in [2.24, 2.45) is 15.9 Å². The Labute approximate surface area is 361 Å². The van der Waals surface area contributed by atoms with Gasteiger partial charge < -0.3 is 8.98 Å². The maximum atomic E-state index is 6.82. The van der Waals surface area contributed by atoms with Crippen molar-refractivity contribution in [1.82, 2.24) is 4.57 Å². The second-order valence-corrected chi connectivity index (χ2v) is 17.6. The Balaban J connectivity index is 1.12. The van der Waals surface area contributed by atoms with E-state index in [1.807, 2.05) is 11.3 Å². The standard InChI is InChI=1S/C57H37N3OS/c1-34-28-29-48(40-22-12-17-35-14-4-5-18-39(35)40)58-57(45-24-13-23-43-42-20-8-11-27-53(42)62-56(43)45)59-55(34)47-32-38(33-52-54(47)44-21-7-10-26-51(44)61-52)60-49-25-9-6-19-41(49)46-30-36-15-2-3-16-37(36)31-50(46)60/h2-27,29-34H,28H2,1H3/b48-29+,58-57-,59-55+. The van der Waals surface area contributed by atoms with Gasteiger partial charge in [0.15, 0.2) is 5.84 Å². The van der Waals surface area contributed by atoms with Crippen LogP contribution in [0.1, 0.15) is 30.0 Å². The van der Waals surface area contributed by atoms with Crippen molar-refractivity contribution in [2.45, 2.75) is 13.3 Å². The van der Waals surface area contributed by atoms with Gasteiger partial charge >= 0.3 is 0 Å². The molecule has 0 N–H and O–H groups in total. The third-order valence-corrected chi connectivity index (χ3v) is 14.1. The Morgan fingerprint density at radius 2 is 1.19 bits per heavy atom. The number of allylic oxidation sites excluding steroid dienone is 1. The molecule has 0 fully saturated rings. The number of nitrogens with zero attached hydrogens (tertiary/aromatic N) is 3. The van der Waals surface area contributed by atoms with E-state index in [0.29, 0.717) is 5.84 Å². The number of hydrogen-bond donors (Lipinski definition) is 0. The van der Waals surface area contributed by atoms with Crippen LogP contribution in [0, 0.1) is 5.92 Å². The molecule has 0 saturated carbocycles. The molecule has 1 atom stereocenters. The predicted molar refractivity (Wildman–Crippen MR) is 264 cm³/mol. The van der Waals surface area contributed by atoms with Crippen molar-refractivity contribution >= 4 is 114 Å². The summed E-state index contributed by atoms with van der Waals surface area (Å²) < 4.78 is 11.7. The first-order valence-electron chi connectivity index (χ1n) is 21.3. The topological polar surface area (TPSA) is 42.8 Å².